The van der Waals surface area contributed by atoms with E-state index in [2.05, 4.69) is 38.8 Å². The van der Waals surface area contributed by atoms with Crippen LogP contribution in [0.1, 0.15) is 39.5 Å². The molecule has 4 heteroatoms. The van der Waals surface area contributed by atoms with Crippen molar-refractivity contribution in [2.45, 2.75) is 76.9 Å². The van der Waals surface area contributed by atoms with Crippen LogP contribution in [0.2, 0.25) is 25.7 Å². The van der Waals surface area contributed by atoms with Crippen molar-refractivity contribution >= 4 is 14.0 Å². The molecule has 1 aliphatic rings. The molecule has 1 amide bonds. The van der Waals surface area contributed by atoms with Crippen LogP contribution in [0.4, 0.5) is 0 Å². The first kappa shape index (κ1) is 15.7. The summed E-state index contributed by atoms with van der Waals surface area (Å²) in [5.41, 5.74) is -0.0888. The molecule has 1 heterocycles. The van der Waals surface area contributed by atoms with Crippen LogP contribution in [0.3, 0.4) is 0 Å². The summed E-state index contributed by atoms with van der Waals surface area (Å²) in [5, 5.41) is 3.16. The molecule has 0 spiro atoms. The van der Waals surface area contributed by atoms with Crippen molar-refractivity contribution in [3.8, 4) is 0 Å². The number of carbonyl (C=O) groups excluding carboxylic acids is 1. The zero-order valence-corrected chi connectivity index (χ0v) is 13.6. The first-order valence-electron chi connectivity index (χ1n) is 7.11. The van der Waals surface area contributed by atoms with Gasteiger partial charge in [0.2, 0.25) is 5.91 Å². The molecule has 0 unspecified atom stereocenters. The molecule has 0 aliphatic carbocycles. The normalized spacial score (nSPS) is 23.7. The standard InChI is InChI=1S/C14H29NO2Si/c1-14(2)11-12(8-9-17-14)15-13(16)7-6-10-18(3,4)5/h12H,6-11H2,1-5H3,(H,15,16)/t12-/m0/s1. The monoisotopic (exact) mass is 271 g/mol. The van der Waals surface area contributed by atoms with E-state index in [9.17, 15) is 4.79 Å². The molecule has 0 aromatic heterocycles. The molecule has 0 saturated carbocycles. The Bertz CT molecular complexity index is 284. The fourth-order valence-electron chi connectivity index (χ4n) is 2.43. The predicted octanol–water partition coefficient (Wildman–Crippen LogP) is 3.18. The number of hydrogen-bond donors (Lipinski definition) is 1. The van der Waals surface area contributed by atoms with Gasteiger partial charge in [0, 0.05) is 27.1 Å². The predicted molar refractivity (Wildman–Crippen MR) is 78.6 cm³/mol. The van der Waals surface area contributed by atoms with Gasteiger partial charge >= 0.3 is 0 Å². The summed E-state index contributed by atoms with van der Waals surface area (Å²) in [7, 11) is -0.999. The molecule has 1 N–H and O–H groups in total. The van der Waals surface area contributed by atoms with Gasteiger partial charge in [0.05, 0.1) is 5.60 Å². The second-order valence-electron chi connectivity index (χ2n) is 7.28. The Kier molecular flexibility index (Phi) is 5.41. The highest BCUT2D eigenvalue weighted by molar-refractivity contribution is 6.76. The summed E-state index contributed by atoms with van der Waals surface area (Å²) < 4.78 is 5.66. The topological polar surface area (TPSA) is 38.3 Å². The Morgan fingerprint density at radius 3 is 2.61 bits per heavy atom. The van der Waals surface area contributed by atoms with Gasteiger partial charge in [-0.2, -0.15) is 0 Å². The first-order chi connectivity index (χ1) is 8.18. The average Bonchev–Trinajstić information content (AvgIpc) is 2.13. The molecule has 0 aromatic carbocycles. The summed E-state index contributed by atoms with van der Waals surface area (Å²) in [6.45, 7) is 12.0. The van der Waals surface area contributed by atoms with Gasteiger partial charge < -0.3 is 10.1 Å². The average molecular weight is 271 g/mol. The second kappa shape index (κ2) is 6.20. The maximum absolute atomic E-state index is 11.9. The van der Waals surface area contributed by atoms with Gasteiger partial charge in [-0.05, 0) is 33.1 Å². The first-order valence-corrected chi connectivity index (χ1v) is 10.8. The molecule has 1 saturated heterocycles. The van der Waals surface area contributed by atoms with Crippen LogP contribution in [-0.2, 0) is 9.53 Å². The largest absolute Gasteiger partial charge is 0.375 e. The molecule has 1 atom stereocenters. The van der Waals surface area contributed by atoms with Crippen molar-refractivity contribution in [1.82, 2.24) is 5.32 Å². The van der Waals surface area contributed by atoms with Crippen molar-refractivity contribution in [2.24, 2.45) is 0 Å². The lowest BCUT2D eigenvalue weighted by molar-refractivity contribution is -0.124. The number of carbonyl (C=O) groups is 1. The Balaban J connectivity index is 2.24. The van der Waals surface area contributed by atoms with Gasteiger partial charge in [-0.15, -0.1) is 0 Å². The van der Waals surface area contributed by atoms with E-state index < -0.39 is 8.07 Å². The third-order valence-electron chi connectivity index (χ3n) is 3.39. The quantitative estimate of drug-likeness (QED) is 0.780. The SMILES string of the molecule is CC1(C)C[C@@H](NC(=O)CCC[Si](C)(C)C)CCO1. The maximum Gasteiger partial charge on any atom is 0.220 e. The van der Waals surface area contributed by atoms with E-state index >= 15 is 0 Å². The maximum atomic E-state index is 11.9. The number of ether oxygens (including phenoxy) is 1. The van der Waals surface area contributed by atoms with Gasteiger partial charge in [-0.1, -0.05) is 25.7 Å². The Hall–Kier alpha value is -0.353. The van der Waals surface area contributed by atoms with Gasteiger partial charge in [-0.3, -0.25) is 4.79 Å². The van der Waals surface area contributed by atoms with Gasteiger partial charge in [0.15, 0.2) is 0 Å². The van der Waals surface area contributed by atoms with Crippen molar-refractivity contribution in [3.05, 3.63) is 0 Å². The van der Waals surface area contributed by atoms with Gasteiger partial charge in [0.1, 0.15) is 0 Å². The number of hydrogen-bond acceptors (Lipinski definition) is 2. The van der Waals surface area contributed by atoms with Crippen LogP contribution in [-0.4, -0.2) is 32.2 Å². The Labute approximate surface area is 113 Å². The molecular formula is C14H29NO2Si. The van der Waals surface area contributed by atoms with Crippen LogP contribution in [0.15, 0.2) is 0 Å². The minimum atomic E-state index is -0.999. The highest BCUT2D eigenvalue weighted by Crippen LogP contribution is 2.24. The van der Waals surface area contributed by atoms with Crippen molar-refractivity contribution in [3.63, 3.8) is 0 Å². The molecule has 18 heavy (non-hydrogen) atoms. The molecule has 1 aliphatic heterocycles. The summed E-state index contributed by atoms with van der Waals surface area (Å²) in [5.74, 6) is 0.218. The van der Waals surface area contributed by atoms with E-state index in [-0.39, 0.29) is 11.5 Å². The van der Waals surface area contributed by atoms with Crippen LogP contribution in [0, 0.1) is 0 Å². The number of nitrogens with one attached hydrogen (secondary N) is 1. The molecule has 1 fully saturated rings. The fourth-order valence-corrected chi connectivity index (χ4v) is 3.67. The van der Waals surface area contributed by atoms with Gasteiger partial charge in [0.25, 0.3) is 0 Å². The highest BCUT2D eigenvalue weighted by atomic mass is 28.3. The lowest BCUT2D eigenvalue weighted by Crippen LogP contribution is -2.45. The van der Waals surface area contributed by atoms with E-state index in [1.807, 2.05) is 0 Å². The number of rotatable bonds is 5. The van der Waals surface area contributed by atoms with Crippen molar-refractivity contribution in [2.75, 3.05) is 6.61 Å². The molecule has 0 aromatic rings. The van der Waals surface area contributed by atoms with Crippen LogP contribution >= 0.6 is 0 Å². The molecule has 1 rings (SSSR count). The lowest BCUT2D eigenvalue weighted by Gasteiger charge is -2.35. The molecular weight excluding hydrogens is 242 g/mol. The molecule has 0 bridgehead atoms. The lowest BCUT2D eigenvalue weighted by atomic mass is 9.94. The van der Waals surface area contributed by atoms with E-state index in [0.717, 1.165) is 25.9 Å². The molecule has 3 nitrogen and oxygen atoms in total. The minimum Gasteiger partial charge on any atom is -0.375 e. The Morgan fingerprint density at radius 1 is 1.39 bits per heavy atom. The molecule has 0 radical (unpaired) electrons. The summed E-state index contributed by atoms with van der Waals surface area (Å²) in [6, 6.07) is 1.54. The second-order valence-corrected chi connectivity index (χ2v) is 12.9. The van der Waals surface area contributed by atoms with E-state index in [4.69, 9.17) is 4.74 Å². The number of amides is 1. The van der Waals surface area contributed by atoms with E-state index in [1.54, 1.807) is 0 Å². The third-order valence-corrected chi connectivity index (χ3v) is 5.25. The zero-order valence-electron chi connectivity index (χ0n) is 12.6. The highest BCUT2D eigenvalue weighted by Gasteiger charge is 2.29. The Morgan fingerprint density at radius 2 is 2.06 bits per heavy atom. The summed E-state index contributed by atoms with van der Waals surface area (Å²) in [4.78, 5) is 11.9. The van der Waals surface area contributed by atoms with E-state index in [1.165, 1.54) is 6.04 Å². The van der Waals surface area contributed by atoms with Crippen LogP contribution in [0.5, 0.6) is 0 Å². The molecule has 106 valence electrons. The summed E-state index contributed by atoms with van der Waals surface area (Å²) >= 11 is 0. The van der Waals surface area contributed by atoms with Crippen LogP contribution in [0.25, 0.3) is 0 Å². The minimum absolute atomic E-state index is 0.0888. The summed E-state index contributed by atoms with van der Waals surface area (Å²) in [6.07, 6.45) is 3.59. The van der Waals surface area contributed by atoms with Crippen molar-refractivity contribution < 1.29 is 9.53 Å². The smallest absolute Gasteiger partial charge is 0.220 e. The van der Waals surface area contributed by atoms with Crippen molar-refractivity contribution in [1.29, 1.82) is 0 Å². The zero-order chi connectivity index (χ0) is 13.8. The van der Waals surface area contributed by atoms with Crippen LogP contribution < -0.4 is 5.32 Å². The third kappa shape index (κ3) is 6.54. The van der Waals surface area contributed by atoms with E-state index in [0.29, 0.717) is 12.5 Å². The van der Waals surface area contributed by atoms with Gasteiger partial charge in [-0.25, -0.2) is 0 Å². The fraction of sp³-hybridized carbons (Fsp3) is 0.929.